The first-order valence-electron chi connectivity index (χ1n) is 6.75. The van der Waals surface area contributed by atoms with Gasteiger partial charge in [-0.3, -0.25) is 0 Å². The number of fused-ring (bicyclic) bond motifs is 1. The molecular formula is C15H19ClO2. The smallest absolute Gasteiger partial charge is 0.122 e. The van der Waals surface area contributed by atoms with E-state index < -0.39 is 0 Å². The third-order valence-electron chi connectivity index (χ3n) is 3.89. The molecule has 1 aromatic carbocycles. The van der Waals surface area contributed by atoms with E-state index in [0.717, 1.165) is 38.2 Å². The minimum Gasteiger partial charge on any atom is -0.493 e. The summed E-state index contributed by atoms with van der Waals surface area (Å²) < 4.78 is 11.2. The van der Waals surface area contributed by atoms with Gasteiger partial charge in [-0.05, 0) is 43.4 Å². The van der Waals surface area contributed by atoms with Crippen molar-refractivity contribution in [1.82, 2.24) is 0 Å². The van der Waals surface area contributed by atoms with Gasteiger partial charge in [0.05, 0.1) is 24.7 Å². The Morgan fingerprint density at radius 2 is 2.28 bits per heavy atom. The van der Waals surface area contributed by atoms with Crippen molar-refractivity contribution in [3.8, 4) is 5.75 Å². The normalized spacial score (nSPS) is 28.6. The molecule has 0 bridgehead atoms. The maximum atomic E-state index is 6.60. The second-order valence-corrected chi connectivity index (χ2v) is 5.83. The van der Waals surface area contributed by atoms with Crippen LogP contribution >= 0.6 is 11.6 Å². The van der Waals surface area contributed by atoms with E-state index in [9.17, 15) is 0 Å². The number of aryl methyl sites for hydroxylation is 1. The molecule has 3 atom stereocenters. The van der Waals surface area contributed by atoms with Crippen LogP contribution in [0.3, 0.4) is 0 Å². The summed E-state index contributed by atoms with van der Waals surface area (Å²) in [7, 11) is 0. The molecule has 0 amide bonds. The van der Waals surface area contributed by atoms with Crippen molar-refractivity contribution in [2.75, 3.05) is 13.2 Å². The van der Waals surface area contributed by atoms with Crippen LogP contribution < -0.4 is 4.74 Å². The second kappa shape index (κ2) is 5.10. The van der Waals surface area contributed by atoms with Crippen LogP contribution in [0.25, 0.3) is 0 Å². The summed E-state index contributed by atoms with van der Waals surface area (Å²) in [5.41, 5.74) is 2.51. The highest BCUT2D eigenvalue weighted by Gasteiger charge is 2.29. The summed E-state index contributed by atoms with van der Waals surface area (Å²) >= 11 is 6.60. The molecule has 2 aliphatic heterocycles. The van der Waals surface area contributed by atoms with E-state index >= 15 is 0 Å². The molecule has 18 heavy (non-hydrogen) atoms. The summed E-state index contributed by atoms with van der Waals surface area (Å²) in [5.74, 6) is 1.47. The predicted octanol–water partition coefficient (Wildman–Crippen LogP) is 3.72. The molecule has 1 saturated heterocycles. The molecule has 2 aliphatic rings. The first-order valence-corrected chi connectivity index (χ1v) is 7.19. The zero-order valence-electron chi connectivity index (χ0n) is 10.7. The molecule has 0 saturated carbocycles. The molecule has 3 rings (SSSR count). The van der Waals surface area contributed by atoms with Crippen molar-refractivity contribution >= 4 is 11.6 Å². The van der Waals surface area contributed by atoms with Crippen LogP contribution in [0.1, 0.15) is 36.3 Å². The highest BCUT2D eigenvalue weighted by Crippen LogP contribution is 2.38. The van der Waals surface area contributed by atoms with Crippen molar-refractivity contribution < 1.29 is 9.47 Å². The molecule has 0 aromatic heterocycles. The number of halogens is 1. The van der Waals surface area contributed by atoms with E-state index in [2.05, 4.69) is 25.1 Å². The van der Waals surface area contributed by atoms with Gasteiger partial charge in [0, 0.05) is 5.92 Å². The minimum atomic E-state index is 0.0576. The fourth-order valence-corrected chi connectivity index (χ4v) is 3.19. The van der Waals surface area contributed by atoms with E-state index in [1.807, 2.05) is 0 Å². The fraction of sp³-hybridized carbons (Fsp3) is 0.600. The lowest BCUT2D eigenvalue weighted by Gasteiger charge is -2.21. The third kappa shape index (κ3) is 2.36. The van der Waals surface area contributed by atoms with E-state index in [4.69, 9.17) is 21.1 Å². The fourth-order valence-electron chi connectivity index (χ4n) is 2.88. The van der Waals surface area contributed by atoms with Gasteiger partial charge in [0.2, 0.25) is 0 Å². The summed E-state index contributed by atoms with van der Waals surface area (Å²) in [6, 6.07) is 6.39. The average Bonchev–Trinajstić information content (AvgIpc) is 2.84. The summed E-state index contributed by atoms with van der Waals surface area (Å²) in [6.07, 6.45) is 3.61. The van der Waals surface area contributed by atoms with Gasteiger partial charge in [-0.2, -0.15) is 0 Å². The van der Waals surface area contributed by atoms with Crippen LogP contribution in [0.4, 0.5) is 0 Å². The third-order valence-corrected chi connectivity index (χ3v) is 4.50. The van der Waals surface area contributed by atoms with Gasteiger partial charge in [-0.15, -0.1) is 11.6 Å². The van der Waals surface area contributed by atoms with Gasteiger partial charge in [0.25, 0.3) is 0 Å². The van der Waals surface area contributed by atoms with Crippen LogP contribution in [-0.4, -0.2) is 19.3 Å². The zero-order valence-corrected chi connectivity index (χ0v) is 11.5. The number of benzene rings is 1. The van der Waals surface area contributed by atoms with Gasteiger partial charge >= 0.3 is 0 Å². The largest absolute Gasteiger partial charge is 0.493 e. The molecule has 2 nitrogen and oxygen atoms in total. The number of hydrogen-bond donors (Lipinski definition) is 0. The predicted molar refractivity (Wildman–Crippen MR) is 72.4 cm³/mol. The van der Waals surface area contributed by atoms with Gasteiger partial charge in [0.15, 0.2) is 0 Å². The second-order valence-electron chi connectivity index (χ2n) is 5.36. The molecule has 0 radical (unpaired) electrons. The lowest BCUT2D eigenvalue weighted by Crippen LogP contribution is -2.11. The summed E-state index contributed by atoms with van der Waals surface area (Å²) in [5, 5.41) is 0.0576. The highest BCUT2D eigenvalue weighted by atomic mass is 35.5. The molecule has 0 spiro atoms. The van der Waals surface area contributed by atoms with Gasteiger partial charge in [-0.25, -0.2) is 0 Å². The van der Waals surface area contributed by atoms with Crippen molar-refractivity contribution in [3.05, 3.63) is 29.3 Å². The van der Waals surface area contributed by atoms with Crippen LogP contribution in [-0.2, 0) is 11.2 Å². The van der Waals surface area contributed by atoms with Crippen LogP contribution in [0, 0.1) is 5.92 Å². The van der Waals surface area contributed by atoms with Crippen molar-refractivity contribution in [2.45, 2.75) is 37.7 Å². The van der Waals surface area contributed by atoms with Crippen molar-refractivity contribution in [2.24, 2.45) is 5.92 Å². The van der Waals surface area contributed by atoms with Crippen molar-refractivity contribution in [3.63, 3.8) is 0 Å². The number of alkyl halides is 1. The van der Waals surface area contributed by atoms with Gasteiger partial charge < -0.3 is 9.47 Å². The molecule has 3 heteroatoms. The molecule has 2 heterocycles. The number of ether oxygens (including phenoxy) is 2. The molecule has 3 unspecified atom stereocenters. The Labute approximate surface area is 113 Å². The number of rotatable bonds is 2. The van der Waals surface area contributed by atoms with Crippen LogP contribution in [0.2, 0.25) is 0 Å². The van der Waals surface area contributed by atoms with E-state index in [0.29, 0.717) is 12.0 Å². The SMILES string of the molecule is CC1CC(C(Cl)c2ccc3c(c2)CCCO3)CO1. The van der Waals surface area contributed by atoms with Crippen LogP contribution in [0.5, 0.6) is 5.75 Å². The van der Waals surface area contributed by atoms with Gasteiger partial charge in [0.1, 0.15) is 5.75 Å². The summed E-state index contributed by atoms with van der Waals surface area (Å²) in [4.78, 5) is 0. The topological polar surface area (TPSA) is 18.5 Å². The Bertz CT molecular complexity index is 433. The van der Waals surface area contributed by atoms with Crippen LogP contribution in [0.15, 0.2) is 18.2 Å². The molecule has 98 valence electrons. The Kier molecular flexibility index (Phi) is 3.49. The molecule has 0 N–H and O–H groups in total. The molecule has 1 aromatic rings. The standard InChI is InChI=1S/C15H19ClO2/c1-10-7-13(9-18-10)15(16)12-4-5-14-11(8-12)3-2-6-17-14/h4-5,8,10,13,15H,2-3,6-7,9H2,1H3. The monoisotopic (exact) mass is 266 g/mol. The first-order chi connectivity index (χ1) is 8.74. The zero-order chi connectivity index (χ0) is 12.5. The van der Waals surface area contributed by atoms with E-state index in [-0.39, 0.29) is 5.38 Å². The number of hydrogen-bond acceptors (Lipinski definition) is 2. The lowest BCUT2D eigenvalue weighted by atomic mass is 9.94. The Hall–Kier alpha value is -0.730. The Morgan fingerprint density at radius 3 is 3.06 bits per heavy atom. The molecular weight excluding hydrogens is 248 g/mol. The first kappa shape index (κ1) is 12.3. The quantitative estimate of drug-likeness (QED) is 0.760. The Morgan fingerprint density at radius 1 is 1.39 bits per heavy atom. The maximum absolute atomic E-state index is 6.60. The van der Waals surface area contributed by atoms with E-state index in [1.54, 1.807) is 0 Å². The van der Waals surface area contributed by atoms with E-state index in [1.165, 1.54) is 11.1 Å². The average molecular weight is 267 g/mol. The molecule has 0 aliphatic carbocycles. The van der Waals surface area contributed by atoms with Gasteiger partial charge in [-0.1, -0.05) is 12.1 Å². The van der Waals surface area contributed by atoms with Crippen molar-refractivity contribution in [1.29, 1.82) is 0 Å². The molecule has 1 fully saturated rings. The highest BCUT2D eigenvalue weighted by molar-refractivity contribution is 6.21. The summed E-state index contributed by atoms with van der Waals surface area (Å²) in [6.45, 7) is 3.73. The minimum absolute atomic E-state index is 0.0576. The Balaban J connectivity index is 1.79. The maximum Gasteiger partial charge on any atom is 0.122 e. The lowest BCUT2D eigenvalue weighted by molar-refractivity contribution is 0.120.